The summed E-state index contributed by atoms with van der Waals surface area (Å²) in [6.07, 6.45) is 2.19. The van der Waals surface area contributed by atoms with Gasteiger partial charge in [-0.05, 0) is 36.2 Å². The Hall–Kier alpha value is -2.19. The van der Waals surface area contributed by atoms with Crippen LogP contribution in [-0.4, -0.2) is 15.5 Å². The number of hydrogen-bond donors (Lipinski definition) is 1. The van der Waals surface area contributed by atoms with E-state index in [2.05, 4.69) is 26.2 Å². The lowest BCUT2D eigenvalue weighted by Crippen LogP contribution is -2.27. The molecule has 31 heavy (non-hydrogen) atoms. The van der Waals surface area contributed by atoms with Crippen molar-refractivity contribution in [2.75, 3.05) is 5.32 Å². The predicted octanol–water partition coefficient (Wildman–Crippen LogP) is 6.40. The van der Waals surface area contributed by atoms with Gasteiger partial charge in [0.05, 0.1) is 27.4 Å². The summed E-state index contributed by atoms with van der Waals surface area (Å²) in [7, 11) is 0. The minimum absolute atomic E-state index is 0.193. The SMILES string of the molecule is CCc1sc2ncn(CC(=O)Nc3cccc(Cl)c3Cl)c(=O)c2c1-c1ccc(Br)cc1. The number of halogens is 3. The van der Waals surface area contributed by atoms with Gasteiger partial charge in [-0.15, -0.1) is 11.3 Å². The van der Waals surface area contributed by atoms with Crippen LogP contribution in [0.3, 0.4) is 0 Å². The number of nitrogens with zero attached hydrogens (tertiary/aromatic N) is 2. The highest BCUT2D eigenvalue weighted by Crippen LogP contribution is 2.37. The number of benzene rings is 2. The van der Waals surface area contributed by atoms with Crippen LogP contribution in [0.25, 0.3) is 21.3 Å². The second-order valence-electron chi connectivity index (χ2n) is 6.77. The summed E-state index contributed by atoms with van der Waals surface area (Å²) in [5.74, 6) is -0.399. The van der Waals surface area contributed by atoms with Gasteiger partial charge in [-0.1, -0.05) is 64.3 Å². The Morgan fingerprint density at radius 1 is 1.19 bits per heavy atom. The Morgan fingerprint density at radius 3 is 2.65 bits per heavy atom. The average molecular weight is 537 g/mol. The van der Waals surface area contributed by atoms with Crippen LogP contribution in [0.4, 0.5) is 5.69 Å². The Labute approximate surface area is 200 Å². The van der Waals surface area contributed by atoms with Crippen LogP contribution >= 0.6 is 50.5 Å². The van der Waals surface area contributed by atoms with Crippen LogP contribution in [0.5, 0.6) is 0 Å². The number of rotatable bonds is 5. The molecular weight excluding hydrogens is 521 g/mol. The van der Waals surface area contributed by atoms with Crippen molar-refractivity contribution in [1.29, 1.82) is 0 Å². The molecule has 0 saturated heterocycles. The minimum atomic E-state index is -0.399. The van der Waals surface area contributed by atoms with Crippen molar-refractivity contribution in [3.05, 3.63) is 78.5 Å². The third-order valence-corrected chi connectivity index (χ3v) is 7.33. The van der Waals surface area contributed by atoms with E-state index in [0.29, 0.717) is 20.9 Å². The van der Waals surface area contributed by atoms with Gasteiger partial charge in [-0.25, -0.2) is 4.98 Å². The molecule has 4 aromatic rings. The Balaban J connectivity index is 1.73. The van der Waals surface area contributed by atoms with Gasteiger partial charge in [0.1, 0.15) is 11.4 Å². The first-order valence-electron chi connectivity index (χ1n) is 9.39. The normalized spacial score (nSPS) is 11.1. The molecule has 0 saturated carbocycles. The summed E-state index contributed by atoms with van der Waals surface area (Å²) < 4.78 is 2.27. The number of amides is 1. The fourth-order valence-corrected chi connectivity index (χ4v) is 5.00. The van der Waals surface area contributed by atoms with Crippen molar-refractivity contribution < 1.29 is 4.79 Å². The molecule has 1 N–H and O–H groups in total. The van der Waals surface area contributed by atoms with Crippen molar-refractivity contribution in [1.82, 2.24) is 9.55 Å². The molecule has 9 heteroatoms. The number of aromatic nitrogens is 2. The lowest BCUT2D eigenvalue weighted by molar-refractivity contribution is -0.116. The smallest absolute Gasteiger partial charge is 0.263 e. The van der Waals surface area contributed by atoms with Crippen molar-refractivity contribution in [3.63, 3.8) is 0 Å². The Bertz CT molecular complexity index is 1350. The second kappa shape index (κ2) is 9.12. The molecular formula is C22H16BrCl2N3O2S. The number of fused-ring (bicyclic) bond motifs is 1. The van der Waals surface area contributed by atoms with E-state index in [9.17, 15) is 9.59 Å². The van der Waals surface area contributed by atoms with Gasteiger partial charge in [0, 0.05) is 14.9 Å². The van der Waals surface area contributed by atoms with Crippen molar-refractivity contribution in [2.45, 2.75) is 19.9 Å². The molecule has 0 spiro atoms. The molecule has 0 aliphatic rings. The van der Waals surface area contributed by atoms with E-state index in [-0.39, 0.29) is 17.1 Å². The zero-order chi connectivity index (χ0) is 22.1. The molecule has 2 heterocycles. The maximum Gasteiger partial charge on any atom is 0.263 e. The molecule has 4 rings (SSSR count). The summed E-state index contributed by atoms with van der Waals surface area (Å²) in [6, 6.07) is 12.8. The number of nitrogens with one attached hydrogen (secondary N) is 1. The first-order chi connectivity index (χ1) is 14.9. The van der Waals surface area contributed by atoms with Crippen LogP contribution in [0.1, 0.15) is 11.8 Å². The van der Waals surface area contributed by atoms with E-state index < -0.39 is 5.91 Å². The number of hydrogen-bond acceptors (Lipinski definition) is 4. The highest BCUT2D eigenvalue weighted by atomic mass is 79.9. The van der Waals surface area contributed by atoms with E-state index in [1.165, 1.54) is 22.2 Å². The molecule has 0 fully saturated rings. The van der Waals surface area contributed by atoms with Crippen LogP contribution < -0.4 is 10.9 Å². The van der Waals surface area contributed by atoms with Crippen LogP contribution in [0, 0.1) is 0 Å². The highest BCUT2D eigenvalue weighted by Gasteiger charge is 2.19. The van der Waals surface area contributed by atoms with Crippen molar-refractivity contribution in [3.8, 4) is 11.1 Å². The van der Waals surface area contributed by atoms with Gasteiger partial charge in [-0.2, -0.15) is 0 Å². The summed E-state index contributed by atoms with van der Waals surface area (Å²) >= 11 is 17.1. The molecule has 0 bridgehead atoms. The lowest BCUT2D eigenvalue weighted by Gasteiger charge is -2.10. The summed E-state index contributed by atoms with van der Waals surface area (Å²) in [5.41, 5.74) is 1.95. The minimum Gasteiger partial charge on any atom is -0.323 e. The average Bonchev–Trinajstić information content (AvgIpc) is 3.13. The monoisotopic (exact) mass is 535 g/mol. The molecule has 0 aliphatic heterocycles. The standard InChI is InChI=1S/C22H16BrCl2N3O2S/c1-2-16-18(12-6-8-13(23)9-7-12)19-21(31-16)26-11-28(22(19)30)10-17(29)27-15-5-3-4-14(24)20(15)25/h3-9,11H,2,10H2,1H3,(H,27,29). The molecule has 0 unspecified atom stereocenters. The third kappa shape index (κ3) is 4.41. The van der Waals surface area contributed by atoms with Gasteiger partial charge in [0.25, 0.3) is 5.56 Å². The maximum atomic E-state index is 13.3. The van der Waals surface area contributed by atoms with E-state index in [1.54, 1.807) is 18.2 Å². The van der Waals surface area contributed by atoms with E-state index in [0.717, 1.165) is 26.9 Å². The van der Waals surface area contributed by atoms with Gasteiger partial charge in [0.2, 0.25) is 5.91 Å². The molecule has 0 aliphatic carbocycles. The fourth-order valence-electron chi connectivity index (χ4n) is 3.30. The molecule has 5 nitrogen and oxygen atoms in total. The molecule has 2 aromatic carbocycles. The first kappa shape index (κ1) is 22.0. The predicted molar refractivity (Wildman–Crippen MR) is 131 cm³/mol. The van der Waals surface area contributed by atoms with E-state index in [1.807, 2.05) is 31.2 Å². The van der Waals surface area contributed by atoms with Crippen LogP contribution in [0.15, 0.2) is 58.1 Å². The molecule has 2 aromatic heterocycles. The molecule has 0 radical (unpaired) electrons. The lowest BCUT2D eigenvalue weighted by atomic mass is 10.0. The van der Waals surface area contributed by atoms with Gasteiger partial charge >= 0.3 is 0 Å². The number of aryl methyl sites for hydroxylation is 1. The molecule has 1 amide bonds. The summed E-state index contributed by atoms with van der Waals surface area (Å²) in [4.78, 5) is 32.1. The summed E-state index contributed by atoms with van der Waals surface area (Å²) in [6.45, 7) is 1.86. The zero-order valence-electron chi connectivity index (χ0n) is 16.3. The quantitative estimate of drug-likeness (QED) is 0.321. The number of anilines is 1. The van der Waals surface area contributed by atoms with Gasteiger partial charge < -0.3 is 5.32 Å². The van der Waals surface area contributed by atoms with E-state index >= 15 is 0 Å². The van der Waals surface area contributed by atoms with Gasteiger partial charge in [0.15, 0.2) is 0 Å². The topological polar surface area (TPSA) is 64.0 Å². The van der Waals surface area contributed by atoms with Crippen LogP contribution in [0.2, 0.25) is 10.0 Å². The largest absolute Gasteiger partial charge is 0.323 e. The molecule has 158 valence electrons. The third-order valence-electron chi connectivity index (χ3n) is 4.75. The zero-order valence-corrected chi connectivity index (χ0v) is 20.2. The Morgan fingerprint density at radius 2 is 1.94 bits per heavy atom. The number of carbonyl (C=O) groups excluding carboxylic acids is 1. The van der Waals surface area contributed by atoms with Gasteiger partial charge in [-0.3, -0.25) is 14.2 Å². The fraction of sp³-hybridized carbons (Fsp3) is 0.136. The summed E-state index contributed by atoms with van der Waals surface area (Å²) in [5, 5.41) is 3.81. The second-order valence-corrected chi connectivity index (χ2v) is 9.55. The number of carbonyl (C=O) groups is 1. The van der Waals surface area contributed by atoms with Crippen molar-refractivity contribution >= 4 is 72.3 Å². The van der Waals surface area contributed by atoms with Crippen LogP contribution in [-0.2, 0) is 17.8 Å². The first-order valence-corrected chi connectivity index (χ1v) is 11.8. The van der Waals surface area contributed by atoms with E-state index in [4.69, 9.17) is 23.2 Å². The molecule has 0 atom stereocenters. The highest BCUT2D eigenvalue weighted by molar-refractivity contribution is 9.10. The maximum absolute atomic E-state index is 13.3. The van der Waals surface area contributed by atoms with Crippen molar-refractivity contribution in [2.24, 2.45) is 0 Å². The Kier molecular flexibility index (Phi) is 6.48. The number of thiophene rings is 1.